The van der Waals surface area contributed by atoms with Crippen LogP contribution >= 0.6 is 0 Å². The largest absolute Gasteiger partial charge is 0.488 e. The Kier molecular flexibility index (Phi) is 4.00. The molecule has 1 N–H and O–H groups in total. The van der Waals surface area contributed by atoms with Crippen LogP contribution in [0, 0.1) is 11.3 Å². The number of Topliss-reactive ketones (excluding diaryl/α,β-unsaturated/α-hetero) is 1. The van der Waals surface area contributed by atoms with E-state index in [-0.39, 0.29) is 35.8 Å². The van der Waals surface area contributed by atoms with E-state index in [0.717, 1.165) is 12.8 Å². The number of ether oxygens (including phenoxy) is 3. The first-order valence-corrected chi connectivity index (χ1v) is 8.68. The molecule has 2 fully saturated rings. The quantitative estimate of drug-likeness (QED) is 0.861. The molecule has 0 aromatic carbocycles. The summed E-state index contributed by atoms with van der Waals surface area (Å²) in [6.45, 7) is 10.1. The summed E-state index contributed by atoms with van der Waals surface area (Å²) in [4.78, 5) is 13.1. The number of allylic oxidation sites excluding steroid dienone is 1. The van der Waals surface area contributed by atoms with Crippen molar-refractivity contribution in [1.29, 1.82) is 0 Å². The first-order valence-electron chi connectivity index (χ1n) is 8.68. The second-order valence-electron chi connectivity index (χ2n) is 7.78. The maximum absolute atomic E-state index is 13.1. The molecule has 0 unspecified atom stereocenters. The van der Waals surface area contributed by atoms with Crippen molar-refractivity contribution >= 4 is 5.78 Å². The Morgan fingerprint density at radius 1 is 1.22 bits per heavy atom. The lowest BCUT2D eigenvalue weighted by Crippen LogP contribution is -2.49. The van der Waals surface area contributed by atoms with E-state index in [1.165, 1.54) is 0 Å². The third-order valence-electron chi connectivity index (χ3n) is 5.39. The number of rotatable bonds is 4. The van der Waals surface area contributed by atoms with Gasteiger partial charge in [0.2, 0.25) is 11.5 Å². The molecule has 5 nitrogen and oxygen atoms in total. The fourth-order valence-corrected chi connectivity index (χ4v) is 4.42. The summed E-state index contributed by atoms with van der Waals surface area (Å²) in [6.07, 6.45) is 1.87. The molecular weight excluding hydrogens is 296 g/mol. The van der Waals surface area contributed by atoms with Gasteiger partial charge in [-0.25, -0.2) is 0 Å². The predicted octanol–water partition coefficient (Wildman–Crippen LogP) is 2.57. The number of ketones is 1. The van der Waals surface area contributed by atoms with Gasteiger partial charge in [0.1, 0.15) is 5.60 Å². The molecule has 5 heteroatoms. The van der Waals surface area contributed by atoms with Gasteiger partial charge in [0.05, 0.1) is 23.7 Å². The molecule has 3 aliphatic rings. The molecule has 1 saturated carbocycles. The van der Waals surface area contributed by atoms with Crippen molar-refractivity contribution in [2.45, 2.75) is 77.8 Å². The van der Waals surface area contributed by atoms with Crippen LogP contribution in [0.15, 0.2) is 11.5 Å². The molecule has 1 aliphatic heterocycles. The molecule has 3 rings (SSSR count). The highest BCUT2D eigenvalue weighted by molar-refractivity contribution is 6.03. The lowest BCUT2D eigenvalue weighted by atomic mass is 9.72. The Hall–Kier alpha value is -1.07. The summed E-state index contributed by atoms with van der Waals surface area (Å²) in [7, 11) is 0. The van der Waals surface area contributed by atoms with Gasteiger partial charge in [-0.1, -0.05) is 0 Å². The van der Waals surface area contributed by atoms with Crippen molar-refractivity contribution in [1.82, 2.24) is 0 Å². The second kappa shape index (κ2) is 5.49. The van der Waals surface area contributed by atoms with Gasteiger partial charge in [-0.3, -0.25) is 4.79 Å². The number of hydrogen-bond acceptors (Lipinski definition) is 5. The molecule has 0 radical (unpaired) electrons. The molecule has 4 atom stereocenters. The first-order chi connectivity index (χ1) is 10.7. The molecule has 0 bridgehead atoms. The van der Waals surface area contributed by atoms with Crippen molar-refractivity contribution in [2.75, 3.05) is 6.61 Å². The van der Waals surface area contributed by atoms with Crippen LogP contribution in [-0.4, -0.2) is 41.4 Å². The molecular formula is C18H28O5. The minimum atomic E-state index is -1.33. The van der Waals surface area contributed by atoms with E-state index in [9.17, 15) is 9.90 Å². The van der Waals surface area contributed by atoms with E-state index in [4.69, 9.17) is 14.2 Å². The first kappa shape index (κ1) is 16.8. The predicted molar refractivity (Wildman–Crippen MR) is 84.6 cm³/mol. The van der Waals surface area contributed by atoms with Crippen LogP contribution in [0.3, 0.4) is 0 Å². The third-order valence-corrected chi connectivity index (χ3v) is 5.39. The smallest absolute Gasteiger partial charge is 0.210 e. The Balaban J connectivity index is 2.10. The van der Waals surface area contributed by atoms with Crippen LogP contribution in [0.4, 0.5) is 0 Å². The SMILES string of the molecule is CC(C)OC1=C(OC(C)C)[C@]2(O)[C@H]3CCCO[C@@H]3C[C@]2(C)C1=O. The van der Waals surface area contributed by atoms with Crippen molar-refractivity contribution in [3.63, 3.8) is 0 Å². The van der Waals surface area contributed by atoms with Crippen molar-refractivity contribution in [3.8, 4) is 0 Å². The van der Waals surface area contributed by atoms with E-state index in [1.54, 1.807) is 0 Å². The molecule has 1 heterocycles. The van der Waals surface area contributed by atoms with Gasteiger partial charge in [-0.2, -0.15) is 0 Å². The minimum absolute atomic E-state index is 0.0888. The molecule has 130 valence electrons. The summed E-state index contributed by atoms with van der Waals surface area (Å²) < 4.78 is 17.6. The molecule has 2 aliphatic carbocycles. The average Bonchev–Trinajstić information content (AvgIpc) is 2.78. The highest BCUT2D eigenvalue weighted by atomic mass is 16.5. The van der Waals surface area contributed by atoms with E-state index in [2.05, 4.69) is 0 Å². The Morgan fingerprint density at radius 2 is 1.87 bits per heavy atom. The molecule has 0 aromatic heterocycles. The number of carbonyl (C=O) groups is 1. The Bertz CT molecular complexity index is 538. The second-order valence-corrected chi connectivity index (χ2v) is 7.78. The van der Waals surface area contributed by atoms with Gasteiger partial charge in [0.25, 0.3) is 0 Å². The van der Waals surface area contributed by atoms with E-state index >= 15 is 0 Å². The Morgan fingerprint density at radius 3 is 2.48 bits per heavy atom. The van der Waals surface area contributed by atoms with Crippen molar-refractivity contribution in [3.05, 3.63) is 11.5 Å². The van der Waals surface area contributed by atoms with Crippen LogP contribution in [-0.2, 0) is 19.0 Å². The summed E-state index contributed by atoms with van der Waals surface area (Å²) in [5.74, 6) is 0.268. The topological polar surface area (TPSA) is 65.0 Å². The summed E-state index contributed by atoms with van der Waals surface area (Å²) in [6, 6.07) is 0. The van der Waals surface area contributed by atoms with Crippen molar-refractivity contribution < 1.29 is 24.1 Å². The summed E-state index contributed by atoms with van der Waals surface area (Å²) >= 11 is 0. The average molecular weight is 324 g/mol. The number of hydrogen-bond donors (Lipinski definition) is 1. The van der Waals surface area contributed by atoms with Gasteiger partial charge in [0.15, 0.2) is 5.76 Å². The molecule has 0 spiro atoms. The highest BCUT2D eigenvalue weighted by Gasteiger charge is 2.73. The lowest BCUT2D eigenvalue weighted by molar-refractivity contribution is -0.140. The van der Waals surface area contributed by atoms with Crippen LogP contribution in [0.1, 0.15) is 53.9 Å². The van der Waals surface area contributed by atoms with E-state index in [1.807, 2.05) is 34.6 Å². The zero-order valence-electron chi connectivity index (χ0n) is 14.7. The molecule has 0 amide bonds. The standard InChI is InChI=1S/C18H28O5/c1-10(2)22-14-15(19)17(5)9-13-12(7-6-8-21-13)18(17,20)16(14)23-11(3)4/h10-13,20H,6-9H2,1-5H3/t12-,13+,17+,18+/m0/s1. The van der Waals surface area contributed by atoms with Gasteiger partial charge in [-0.05, 0) is 53.9 Å². The van der Waals surface area contributed by atoms with Gasteiger partial charge < -0.3 is 19.3 Å². The molecule has 23 heavy (non-hydrogen) atoms. The maximum atomic E-state index is 13.1. The normalized spacial score (nSPS) is 39.9. The van der Waals surface area contributed by atoms with E-state index in [0.29, 0.717) is 18.8 Å². The number of fused-ring (bicyclic) bond motifs is 3. The maximum Gasteiger partial charge on any atom is 0.210 e. The third kappa shape index (κ3) is 2.23. The van der Waals surface area contributed by atoms with E-state index < -0.39 is 11.0 Å². The molecule has 0 aromatic rings. The Labute approximate surface area is 138 Å². The van der Waals surface area contributed by atoms with Crippen LogP contribution in [0.25, 0.3) is 0 Å². The number of aliphatic hydroxyl groups is 1. The summed E-state index contributed by atoms with van der Waals surface area (Å²) in [5, 5.41) is 11.7. The zero-order valence-corrected chi connectivity index (χ0v) is 14.7. The van der Waals surface area contributed by atoms with Gasteiger partial charge >= 0.3 is 0 Å². The zero-order chi connectivity index (χ0) is 17.0. The number of carbonyl (C=O) groups excluding carboxylic acids is 1. The fraction of sp³-hybridized carbons (Fsp3) is 0.833. The van der Waals surface area contributed by atoms with Crippen LogP contribution < -0.4 is 0 Å². The van der Waals surface area contributed by atoms with Crippen molar-refractivity contribution in [2.24, 2.45) is 11.3 Å². The van der Waals surface area contributed by atoms with Gasteiger partial charge in [-0.15, -0.1) is 0 Å². The minimum Gasteiger partial charge on any atom is -0.488 e. The summed E-state index contributed by atoms with van der Waals surface area (Å²) in [5.41, 5.74) is -2.26. The fourth-order valence-electron chi connectivity index (χ4n) is 4.42. The molecule has 1 saturated heterocycles. The van der Waals surface area contributed by atoms with Crippen LogP contribution in [0.5, 0.6) is 0 Å². The highest BCUT2D eigenvalue weighted by Crippen LogP contribution is 2.62. The van der Waals surface area contributed by atoms with Gasteiger partial charge in [0, 0.05) is 12.5 Å². The monoisotopic (exact) mass is 324 g/mol. The lowest BCUT2D eigenvalue weighted by Gasteiger charge is -2.39. The van der Waals surface area contributed by atoms with Crippen LogP contribution in [0.2, 0.25) is 0 Å².